The van der Waals surface area contributed by atoms with Crippen LogP contribution in [0.1, 0.15) is 13.8 Å². The van der Waals surface area contributed by atoms with Crippen molar-refractivity contribution in [2.24, 2.45) is 0 Å². The van der Waals surface area contributed by atoms with Crippen molar-refractivity contribution in [1.29, 1.82) is 0 Å². The number of aliphatic hydroxyl groups is 1. The van der Waals surface area contributed by atoms with E-state index in [0.29, 0.717) is 0 Å². The van der Waals surface area contributed by atoms with E-state index in [0.717, 1.165) is 4.47 Å². The van der Waals surface area contributed by atoms with E-state index >= 15 is 0 Å². The summed E-state index contributed by atoms with van der Waals surface area (Å²) in [7, 11) is 0. The number of carbonyl (C=O) groups is 1. The second-order valence-electron chi connectivity index (χ2n) is 3.10. The lowest BCUT2D eigenvalue weighted by atomic mass is 10.1. The summed E-state index contributed by atoms with van der Waals surface area (Å²) in [5.41, 5.74) is 0.985. The molecule has 72 valence electrons. The van der Waals surface area contributed by atoms with Gasteiger partial charge in [0.2, 0.25) is 0 Å². The van der Waals surface area contributed by atoms with Gasteiger partial charge < -0.3 is 5.11 Å². The topological polar surface area (TPSA) is 67.2 Å². The van der Waals surface area contributed by atoms with Crippen molar-refractivity contribution in [3.63, 3.8) is 0 Å². The number of halogens is 1. The summed E-state index contributed by atoms with van der Waals surface area (Å²) in [5.74, 6) is -0.511. The fraction of sp³-hybridized carbons (Fsp3) is 0.429. The largest absolute Gasteiger partial charge is 0.381 e. The lowest BCUT2D eigenvalue weighted by Crippen LogP contribution is -2.40. The minimum Gasteiger partial charge on any atom is -0.381 e. The second kappa shape index (κ2) is 3.47. The van der Waals surface area contributed by atoms with Gasteiger partial charge in [0.05, 0.1) is 16.9 Å². The molecule has 0 saturated heterocycles. The van der Waals surface area contributed by atoms with Crippen molar-refractivity contribution in [1.82, 2.24) is 9.89 Å². The number of amides is 1. The van der Waals surface area contributed by atoms with Crippen LogP contribution in [-0.2, 0) is 4.79 Å². The Labute approximate surface area is 83.8 Å². The monoisotopic (exact) mass is 247 g/mol. The van der Waals surface area contributed by atoms with Gasteiger partial charge in [-0.3, -0.25) is 4.79 Å². The zero-order valence-corrected chi connectivity index (χ0v) is 8.87. The third kappa shape index (κ3) is 2.82. The number of hydrogen-bond acceptors (Lipinski definition) is 3. The first-order valence-corrected chi connectivity index (χ1v) is 4.43. The Morgan fingerprint density at radius 1 is 1.77 bits per heavy atom. The van der Waals surface area contributed by atoms with Gasteiger partial charge in [0.1, 0.15) is 5.60 Å². The lowest BCUT2D eigenvalue weighted by molar-refractivity contribution is -0.131. The van der Waals surface area contributed by atoms with E-state index in [2.05, 4.69) is 26.5 Å². The van der Waals surface area contributed by atoms with Crippen LogP contribution in [0, 0.1) is 0 Å². The normalized spacial score (nSPS) is 11.4. The average molecular weight is 248 g/mol. The van der Waals surface area contributed by atoms with E-state index in [-0.39, 0.29) is 0 Å². The standard InChI is InChI=1S/C7H10BrN3O2/c1-7(2,13)6(12)10-11-4-5(8)3-9-11/h3-4,13H,1-2H3,(H,10,12). The number of carbonyl (C=O) groups excluding carboxylic acids is 1. The average Bonchev–Trinajstić information content (AvgIpc) is 2.33. The minimum absolute atomic E-state index is 0.511. The van der Waals surface area contributed by atoms with Crippen molar-refractivity contribution in [3.05, 3.63) is 16.9 Å². The highest BCUT2D eigenvalue weighted by Gasteiger charge is 2.23. The molecule has 0 atom stereocenters. The zero-order valence-electron chi connectivity index (χ0n) is 7.28. The van der Waals surface area contributed by atoms with Crippen molar-refractivity contribution in [2.75, 3.05) is 5.43 Å². The summed E-state index contributed by atoms with van der Waals surface area (Å²) in [6.07, 6.45) is 3.11. The Bertz CT molecular complexity index is 316. The predicted molar refractivity (Wildman–Crippen MR) is 50.6 cm³/mol. The Morgan fingerprint density at radius 3 is 2.77 bits per heavy atom. The molecule has 0 aromatic carbocycles. The smallest absolute Gasteiger partial charge is 0.271 e. The van der Waals surface area contributed by atoms with Crippen LogP contribution in [0.25, 0.3) is 0 Å². The van der Waals surface area contributed by atoms with Gasteiger partial charge >= 0.3 is 0 Å². The molecular formula is C7H10BrN3O2. The number of hydrogen-bond donors (Lipinski definition) is 2. The van der Waals surface area contributed by atoms with Gasteiger partial charge in [-0.1, -0.05) is 0 Å². The van der Waals surface area contributed by atoms with E-state index in [1.54, 1.807) is 6.20 Å². The van der Waals surface area contributed by atoms with Crippen LogP contribution in [0.5, 0.6) is 0 Å². The summed E-state index contributed by atoms with van der Waals surface area (Å²) in [6, 6.07) is 0. The fourth-order valence-corrected chi connectivity index (χ4v) is 0.888. The maximum atomic E-state index is 11.2. The highest BCUT2D eigenvalue weighted by Crippen LogP contribution is 2.06. The predicted octanol–water partition coefficient (Wildman–Crippen LogP) is 0.487. The molecule has 0 spiro atoms. The molecule has 1 rings (SSSR count). The molecular weight excluding hydrogens is 238 g/mol. The maximum Gasteiger partial charge on any atom is 0.271 e. The molecule has 0 aliphatic carbocycles. The van der Waals surface area contributed by atoms with Crippen molar-refractivity contribution >= 4 is 21.8 Å². The number of nitrogens with one attached hydrogen (secondary N) is 1. The zero-order chi connectivity index (χ0) is 10.1. The van der Waals surface area contributed by atoms with Crippen LogP contribution in [0.4, 0.5) is 0 Å². The van der Waals surface area contributed by atoms with Crippen LogP contribution in [0.15, 0.2) is 16.9 Å². The SMILES string of the molecule is CC(C)(O)C(=O)Nn1cc(Br)cn1. The Hall–Kier alpha value is -0.880. The molecule has 1 aromatic rings. The lowest BCUT2D eigenvalue weighted by Gasteiger charge is -2.15. The molecule has 5 nitrogen and oxygen atoms in total. The van der Waals surface area contributed by atoms with Crippen LogP contribution in [0.2, 0.25) is 0 Å². The highest BCUT2D eigenvalue weighted by molar-refractivity contribution is 9.10. The van der Waals surface area contributed by atoms with Gasteiger partial charge in [0.15, 0.2) is 0 Å². The van der Waals surface area contributed by atoms with Gasteiger partial charge in [0, 0.05) is 0 Å². The molecule has 0 radical (unpaired) electrons. The molecule has 0 saturated carbocycles. The quantitative estimate of drug-likeness (QED) is 0.800. The maximum absolute atomic E-state index is 11.2. The van der Waals surface area contributed by atoms with E-state index in [1.165, 1.54) is 24.8 Å². The van der Waals surface area contributed by atoms with Crippen LogP contribution < -0.4 is 5.43 Å². The molecule has 1 amide bonds. The molecule has 0 fully saturated rings. The van der Waals surface area contributed by atoms with Gasteiger partial charge in [-0.2, -0.15) is 9.89 Å². The molecule has 1 aromatic heterocycles. The molecule has 0 bridgehead atoms. The van der Waals surface area contributed by atoms with Crippen molar-refractivity contribution in [3.8, 4) is 0 Å². The summed E-state index contributed by atoms with van der Waals surface area (Å²) < 4.78 is 0.753. The van der Waals surface area contributed by atoms with Crippen molar-refractivity contribution < 1.29 is 9.90 Å². The number of aromatic nitrogens is 2. The van der Waals surface area contributed by atoms with E-state index in [1.807, 2.05) is 0 Å². The van der Waals surface area contributed by atoms with Gasteiger partial charge in [-0.05, 0) is 29.8 Å². The van der Waals surface area contributed by atoms with Gasteiger partial charge in [0.25, 0.3) is 5.91 Å². The molecule has 1 heterocycles. The number of nitrogens with zero attached hydrogens (tertiary/aromatic N) is 2. The van der Waals surface area contributed by atoms with Crippen LogP contribution in [-0.4, -0.2) is 26.5 Å². The molecule has 0 aliphatic heterocycles. The van der Waals surface area contributed by atoms with E-state index in [4.69, 9.17) is 0 Å². The van der Waals surface area contributed by atoms with Crippen molar-refractivity contribution in [2.45, 2.75) is 19.4 Å². The Kier molecular flexibility index (Phi) is 2.72. The second-order valence-corrected chi connectivity index (χ2v) is 4.02. The molecule has 0 aliphatic rings. The third-order valence-corrected chi connectivity index (χ3v) is 1.73. The highest BCUT2D eigenvalue weighted by atomic mass is 79.9. The fourth-order valence-electron chi connectivity index (χ4n) is 0.603. The van der Waals surface area contributed by atoms with E-state index in [9.17, 15) is 9.90 Å². The third-order valence-electron chi connectivity index (χ3n) is 1.32. The number of rotatable bonds is 2. The summed E-state index contributed by atoms with van der Waals surface area (Å²) in [5, 5.41) is 13.1. The molecule has 13 heavy (non-hydrogen) atoms. The Morgan fingerprint density at radius 2 is 2.38 bits per heavy atom. The molecule has 0 unspecified atom stereocenters. The minimum atomic E-state index is -1.40. The van der Waals surface area contributed by atoms with Crippen LogP contribution in [0.3, 0.4) is 0 Å². The van der Waals surface area contributed by atoms with Gasteiger partial charge in [-0.25, -0.2) is 5.43 Å². The first kappa shape index (κ1) is 10.2. The first-order valence-electron chi connectivity index (χ1n) is 3.63. The Balaban J connectivity index is 2.65. The van der Waals surface area contributed by atoms with Crippen LogP contribution >= 0.6 is 15.9 Å². The summed E-state index contributed by atoms with van der Waals surface area (Å²) in [4.78, 5) is 12.4. The molecule has 2 N–H and O–H groups in total. The molecule has 6 heteroatoms. The van der Waals surface area contributed by atoms with E-state index < -0.39 is 11.5 Å². The first-order chi connectivity index (χ1) is 5.89. The summed E-state index contributed by atoms with van der Waals surface area (Å²) in [6.45, 7) is 2.81. The van der Waals surface area contributed by atoms with Gasteiger partial charge in [-0.15, -0.1) is 0 Å². The summed E-state index contributed by atoms with van der Waals surface area (Å²) >= 11 is 3.18.